The van der Waals surface area contributed by atoms with Crippen molar-refractivity contribution in [2.75, 3.05) is 39.6 Å². The van der Waals surface area contributed by atoms with Gasteiger partial charge >= 0.3 is 6.03 Å². The number of carbonyl (C=O) groups excluding carboxylic acids is 2. The van der Waals surface area contributed by atoms with E-state index >= 15 is 0 Å². The summed E-state index contributed by atoms with van der Waals surface area (Å²) in [5.74, 6) is -0.155. The number of nitrogens with one attached hydrogen (secondary N) is 1. The lowest BCUT2D eigenvalue weighted by molar-refractivity contribution is -0.121. The first kappa shape index (κ1) is 16.6. The molecule has 0 radical (unpaired) electrons. The molecule has 1 fully saturated rings. The number of nitrogens with zero attached hydrogens (tertiary/aromatic N) is 4. The van der Waals surface area contributed by atoms with E-state index in [0.29, 0.717) is 37.7 Å². The molecule has 1 N–H and O–H groups in total. The van der Waals surface area contributed by atoms with E-state index in [2.05, 4.69) is 15.5 Å². The van der Waals surface area contributed by atoms with E-state index in [4.69, 9.17) is 4.74 Å². The Kier molecular flexibility index (Phi) is 5.67. The van der Waals surface area contributed by atoms with Crippen LogP contribution in [-0.2, 0) is 16.1 Å². The average Bonchev–Trinajstić information content (AvgIpc) is 2.94. The number of likely N-dealkylation sites (tertiary alicyclic amines) is 1. The molecule has 1 aromatic rings. The lowest BCUT2D eigenvalue weighted by Gasteiger charge is -2.32. The third-order valence-corrected chi connectivity index (χ3v) is 4.30. The standard InChI is InChI=1S/C13H21N5O3S/c1-17(2)13(20)18-6-4-9(5-7-18)11(19)14-12-16-15-10(22-12)8-21-3/h9H,4-8H2,1-3H3,(H,14,16,19). The molecule has 2 rings (SSSR count). The van der Waals surface area contributed by atoms with Crippen molar-refractivity contribution in [3.05, 3.63) is 5.01 Å². The molecule has 2 heterocycles. The summed E-state index contributed by atoms with van der Waals surface area (Å²) in [6, 6.07) is -0.00723. The molecular weight excluding hydrogens is 306 g/mol. The SMILES string of the molecule is COCc1nnc(NC(=O)C2CCN(C(=O)N(C)C)CC2)s1. The highest BCUT2D eigenvalue weighted by molar-refractivity contribution is 7.15. The van der Waals surface area contributed by atoms with Crippen LogP contribution in [0.3, 0.4) is 0 Å². The number of aromatic nitrogens is 2. The van der Waals surface area contributed by atoms with Crippen molar-refractivity contribution in [2.45, 2.75) is 19.4 Å². The Labute approximate surface area is 133 Å². The van der Waals surface area contributed by atoms with Crippen LogP contribution in [0.25, 0.3) is 0 Å². The van der Waals surface area contributed by atoms with Gasteiger partial charge in [0.05, 0.1) is 0 Å². The molecule has 122 valence electrons. The van der Waals surface area contributed by atoms with E-state index in [1.165, 1.54) is 11.3 Å². The van der Waals surface area contributed by atoms with Gasteiger partial charge in [-0.05, 0) is 12.8 Å². The number of ether oxygens (including phenoxy) is 1. The molecule has 3 amide bonds. The molecule has 0 spiro atoms. The van der Waals surface area contributed by atoms with E-state index in [-0.39, 0.29) is 17.9 Å². The van der Waals surface area contributed by atoms with Crippen molar-refractivity contribution in [3.8, 4) is 0 Å². The van der Waals surface area contributed by atoms with E-state index in [1.807, 2.05) is 0 Å². The number of hydrogen-bond acceptors (Lipinski definition) is 6. The summed E-state index contributed by atoms with van der Waals surface area (Å²) < 4.78 is 4.97. The van der Waals surface area contributed by atoms with Crippen LogP contribution in [0.1, 0.15) is 17.8 Å². The summed E-state index contributed by atoms with van der Waals surface area (Å²) in [6.07, 6.45) is 1.32. The molecule has 0 saturated carbocycles. The van der Waals surface area contributed by atoms with Gasteiger partial charge in [-0.25, -0.2) is 4.79 Å². The number of methoxy groups -OCH3 is 1. The van der Waals surface area contributed by atoms with Crippen LogP contribution in [0, 0.1) is 5.92 Å². The maximum absolute atomic E-state index is 12.2. The van der Waals surface area contributed by atoms with E-state index in [0.717, 1.165) is 5.01 Å². The van der Waals surface area contributed by atoms with Crippen LogP contribution >= 0.6 is 11.3 Å². The normalized spacial score (nSPS) is 15.7. The maximum atomic E-state index is 12.2. The second-order valence-corrected chi connectivity index (χ2v) is 6.42. The fraction of sp³-hybridized carbons (Fsp3) is 0.692. The summed E-state index contributed by atoms with van der Waals surface area (Å²) in [5, 5.41) is 11.9. The third kappa shape index (κ3) is 4.14. The maximum Gasteiger partial charge on any atom is 0.319 e. The smallest absolute Gasteiger partial charge is 0.319 e. The number of amides is 3. The molecule has 1 aliphatic rings. The first-order valence-corrected chi connectivity index (χ1v) is 7.91. The van der Waals surface area contributed by atoms with E-state index in [1.54, 1.807) is 31.0 Å². The fourth-order valence-corrected chi connectivity index (χ4v) is 3.02. The van der Waals surface area contributed by atoms with Crippen molar-refractivity contribution >= 4 is 28.4 Å². The molecule has 1 saturated heterocycles. The van der Waals surface area contributed by atoms with Gasteiger partial charge in [0.2, 0.25) is 11.0 Å². The zero-order valence-electron chi connectivity index (χ0n) is 13.0. The first-order chi connectivity index (χ1) is 10.5. The molecule has 1 aliphatic heterocycles. The number of anilines is 1. The predicted molar refractivity (Wildman–Crippen MR) is 82.6 cm³/mol. The first-order valence-electron chi connectivity index (χ1n) is 7.09. The van der Waals surface area contributed by atoms with Crippen molar-refractivity contribution in [3.63, 3.8) is 0 Å². The lowest BCUT2D eigenvalue weighted by Crippen LogP contribution is -2.45. The van der Waals surface area contributed by atoms with E-state index in [9.17, 15) is 9.59 Å². The Hall–Kier alpha value is -1.74. The summed E-state index contributed by atoms with van der Waals surface area (Å²) in [5.41, 5.74) is 0. The van der Waals surface area contributed by atoms with Gasteiger partial charge in [0.1, 0.15) is 11.6 Å². The second-order valence-electron chi connectivity index (χ2n) is 5.36. The van der Waals surface area contributed by atoms with Gasteiger partial charge in [0, 0.05) is 40.2 Å². The molecule has 1 aromatic heterocycles. The van der Waals surface area contributed by atoms with Crippen molar-refractivity contribution < 1.29 is 14.3 Å². The predicted octanol–water partition coefficient (Wildman–Crippen LogP) is 1.02. The molecule has 22 heavy (non-hydrogen) atoms. The molecule has 0 aliphatic carbocycles. The van der Waals surface area contributed by atoms with Gasteiger partial charge in [-0.3, -0.25) is 4.79 Å². The van der Waals surface area contributed by atoms with Crippen molar-refractivity contribution in [1.29, 1.82) is 0 Å². The van der Waals surface area contributed by atoms with Gasteiger partial charge < -0.3 is 19.9 Å². The zero-order valence-corrected chi connectivity index (χ0v) is 13.9. The van der Waals surface area contributed by atoms with Gasteiger partial charge in [-0.15, -0.1) is 10.2 Å². The monoisotopic (exact) mass is 327 g/mol. The van der Waals surface area contributed by atoms with Crippen LogP contribution in [0.5, 0.6) is 0 Å². The third-order valence-electron chi connectivity index (χ3n) is 3.48. The number of rotatable bonds is 4. The molecule has 0 unspecified atom stereocenters. The number of piperidine rings is 1. The Bertz CT molecular complexity index is 526. The van der Waals surface area contributed by atoms with Crippen LogP contribution in [-0.4, -0.2) is 66.2 Å². The highest BCUT2D eigenvalue weighted by Crippen LogP contribution is 2.22. The van der Waals surface area contributed by atoms with Crippen LogP contribution < -0.4 is 5.32 Å². The minimum atomic E-state index is -0.0963. The Balaban J connectivity index is 1.83. The van der Waals surface area contributed by atoms with Crippen LogP contribution in [0.4, 0.5) is 9.93 Å². The van der Waals surface area contributed by atoms with Gasteiger partial charge in [-0.2, -0.15) is 0 Å². The van der Waals surface area contributed by atoms with Crippen LogP contribution in [0.15, 0.2) is 0 Å². The number of urea groups is 1. The Morgan fingerprint density at radius 2 is 2.05 bits per heavy atom. The minimum Gasteiger partial charge on any atom is -0.377 e. The van der Waals surface area contributed by atoms with E-state index < -0.39 is 0 Å². The van der Waals surface area contributed by atoms with Crippen LogP contribution in [0.2, 0.25) is 0 Å². The highest BCUT2D eigenvalue weighted by Gasteiger charge is 2.28. The average molecular weight is 327 g/mol. The summed E-state index contributed by atoms with van der Waals surface area (Å²) in [4.78, 5) is 27.4. The Morgan fingerprint density at radius 1 is 1.36 bits per heavy atom. The summed E-state index contributed by atoms with van der Waals surface area (Å²) in [6.45, 7) is 1.58. The van der Waals surface area contributed by atoms with Crippen molar-refractivity contribution in [2.24, 2.45) is 5.92 Å². The molecule has 0 atom stereocenters. The van der Waals surface area contributed by atoms with Crippen molar-refractivity contribution in [1.82, 2.24) is 20.0 Å². The topological polar surface area (TPSA) is 87.7 Å². The number of hydrogen-bond donors (Lipinski definition) is 1. The molecule has 8 nitrogen and oxygen atoms in total. The molecule has 9 heteroatoms. The summed E-state index contributed by atoms with van der Waals surface area (Å²) >= 11 is 1.31. The molecule has 0 aromatic carbocycles. The highest BCUT2D eigenvalue weighted by atomic mass is 32.1. The van der Waals surface area contributed by atoms with Gasteiger partial charge in [0.25, 0.3) is 0 Å². The molecule has 0 bridgehead atoms. The quantitative estimate of drug-likeness (QED) is 0.892. The molecular formula is C13H21N5O3S. The summed E-state index contributed by atoms with van der Waals surface area (Å²) in [7, 11) is 5.05. The second kappa shape index (κ2) is 7.50. The zero-order chi connectivity index (χ0) is 16.1. The van der Waals surface area contributed by atoms with Gasteiger partial charge in [-0.1, -0.05) is 11.3 Å². The lowest BCUT2D eigenvalue weighted by atomic mass is 9.96. The number of carbonyl (C=O) groups is 2. The fourth-order valence-electron chi connectivity index (χ4n) is 2.31. The largest absolute Gasteiger partial charge is 0.377 e. The van der Waals surface area contributed by atoms with Gasteiger partial charge in [0.15, 0.2) is 0 Å². The minimum absolute atomic E-state index is 0.00723. The Morgan fingerprint density at radius 3 is 2.64 bits per heavy atom.